The molecule has 1 aromatic carbocycles. The van der Waals surface area contributed by atoms with Crippen molar-refractivity contribution in [3.8, 4) is 0 Å². The number of aryl methyl sites for hydroxylation is 1. The van der Waals surface area contributed by atoms with Gasteiger partial charge in [-0.1, -0.05) is 24.3 Å². The van der Waals surface area contributed by atoms with E-state index in [4.69, 9.17) is 9.47 Å². The van der Waals surface area contributed by atoms with Crippen LogP contribution in [0.3, 0.4) is 0 Å². The zero-order chi connectivity index (χ0) is 17.8. The topological polar surface area (TPSA) is 34.6 Å². The molecule has 1 unspecified atom stereocenters. The molecule has 3 heterocycles. The lowest BCUT2D eigenvalue weighted by atomic mass is 9.79. The zero-order valence-electron chi connectivity index (χ0n) is 15.6. The first-order valence-corrected chi connectivity index (χ1v) is 9.63. The molecule has 0 saturated carbocycles. The summed E-state index contributed by atoms with van der Waals surface area (Å²) < 4.78 is 12.1. The van der Waals surface area contributed by atoms with Crippen LogP contribution in [0, 0.1) is 12.8 Å². The van der Waals surface area contributed by atoms with Crippen molar-refractivity contribution < 1.29 is 9.47 Å². The maximum absolute atomic E-state index is 6.20. The Bertz CT molecular complexity index is 713. The molecule has 1 aromatic heterocycles. The van der Waals surface area contributed by atoms with Crippen molar-refractivity contribution in [2.24, 2.45) is 5.92 Å². The maximum atomic E-state index is 6.20. The van der Waals surface area contributed by atoms with E-state index in [2.05, 4.69) is 41.1 Å². The average molecular weight is 352 g/mol. The zero-order valence-corrected chi connectivity index (χ0v) is 15.6. The van der Waals surface area contributed by atoms with Gasteiger partial charge in [-0.2, -0.15) is 0 Å². The van der Waals surface area contributed by atoms with Crippen molar-refractivity contribution in [1.29, 1.82) is 0 Å². The normalized spacial score (nSPS) is 21.8. The summed E-state index contributed by atoms with van der Waals surface area (Å²) in [4.78, 5) is 6.55. The second kappa shape index (κ2) is 7.87. The Morgan fingerprint density at radius 1 is 1.19 bits per heavy atom. The second-order valence-corrected chi connectivity index (χ2v) is 7.67. The van der Waals surface area contributed by atoms with Crippen molar-refractivity contribution in [3.63, 3.8) is 0 Å². The van der Waals surface area contributed by atoms with Crippen LogP contribution in [-0.4, -0.2) is 41.8 Å². The highest BCUT2D eigenvalue weighted by Gasteiger charge is 2.52. The minimum atomic E-state index is 0.0721. The number of hydrogen-bond acceptors (Lipinski definition) is 4. The van der Waals surface area contributed by atoms with Gasteiger partial charge in [-0.05, 0) is 54.5 Å². The van der Waals surface area contributed by atoms with E-state index in [9.17, 15) is 0 Å². The van der Waals surface area contributed by atoms with Gasteiger partial charge in [0.15, 0.2) is 0 Å². The molecule has 0 radical (unpaired) electrons. The molecule has 0 amide bonds. The summed E-state index contributed by atoms with van der Waals surface area (Å²) in [5.74, 6) is 0.619. The first-order valence-electron chi connectivity index (χ1n) is 9.63. The average Bonchev–Trinajstić information content (AvgIpc) is 3.05. The van der Waals surface area contributed by atoms with Crippen LogP contribution in [0.15, 0.2) is 48.8 Å². The van der Waals surface area contributed by atoms with E-state index in [0.29, 0.717) is 12.5 Å². The molecule has 26 heavy (non-hydrogen) atoms. The molecule has 0 aliphatic carbocycles. The van der Waals surface area contributed by atoms with Gasteiger partial charge in [0.25, 0.3) is 0 Å². The fraction of sp³-hybridized carbons (Fsp3) is 0.500. The molecule has 0 bridgehead atoms. The Balaban J connectivity index is 1.23. The molecular formula is C22H28N2O2. The molecular weight excluding hydrogens is 324 g/mol. The molecule has 2 aromatic rings. The smallest absolute Gasteiger partial charge is 0.0964 e. The molecule has 2 fully saturated rings. The molecule has 2 saturated heterocycles. The van der Waals surface area contributed by atoms with Crippen LogP contribution in [0.1, 0.15) is 29.5 Å². The van der Waals surface area contributed by atoms with Crippen molar-refractivity contribution in [2.45, 2.75) is 38.5 Å². The van der Waals surface area contributed by atoms with Crippen LogP contribution in [0.4, 0.5) is 0 Å². The number of nitrogens with zero attached hydrogens (tertiary/aromatic N) is 2. The molecule has 4 heteroatoms. The van der Waals surface area contributed by atoms with Crippen molar-refractivity contribution in [2.75, 3.05) is 26.3 Å². The molecule has 2 aliphatic rings. The predicted octanol–water partition coefficient (Wildman–Crippen LogP) is 3.59. The summed E-state index contributed by atoms with van der Waals surface area (Å²) in [5.41, 5.74) is 4.06. The number of ether oxygens (including phenoxy) is 2. The van der Waals surface area contributed by atoms with Gasteiger partial charge in [-0.3, -0.25) is 9.88 Å². The van der Waals surface area contributed by atoms with Crippen molar-refractivity contribution >= 4 is 0 Å². The van der Waals surface area contributed by atoms with E-state index < -0.39 is 0 Å². The van der Waals surface area contributed by atoms with Crippen LogP contribution >= 0.6 is 0 Å². The van der Waals surface area contributed by atoms with Crippen LogP contribution < -0.4 is 0 Å². The number of pyridine rings is 1. The molecule has 1 atom stereocenters. The Morgan fingerprint density at radius 3 is 2.81 bits per heavy atom. The summed E-state index contributed by atoms with van der Waals surface area (Å²) in [6, 6.07) is 12.7. The van der Waals surface area contributed by atoms with E-state index >= 15 is 0 Å². The van der Waals surface area contributed by atoms with Crippen molar-refractivity contribution in [3.05, 3.63) is 65.5 Å². The Labute approximate surface area is 156 Å². The summed E-state index contributed by atoms with van der Waals surface area (Å²) >= 11 is 0. The minimum Gasteiger partial charge on any atom is -0.377 e. The summed E-state index contributed by atoms with van der Waals surface area (Å²) in [6.07, 6.45) is 5.88. The third-order valence-corrected chi connectivity index (χ3v) is 5.87. The fourth-order valence-corrected chi connectivity index (χ4v) is 4.29. The van der Waals surface area contributed by atoms with E-state index in [1.54, 1.807) is 0 Å². The van der Waals surface area contributed by atoms with Gasteiger partial charge in [-0.15, -0.1) is 0 Å². The Morgan fingerprint density at radius 2 is 2.00 bits per heavy atom. The van der Waals surface area contributed by atoms with E-state index in [-0.39, 0.29) is 5.60 Å². The SMILES string of the molecule is Cc1ccccc1CN1CC2(C1)OCCC2CCOCc1ccncc1. The molecule has 0 N–H and O–H groups in total. The maximum Gasteiger partial charge on any atom is 0.0964 e. The van der Waals surface area contributed by atoms with Crippen LogP contribution in [0.2, 0.25) is 0 Å². The molecule has 4 nitrogen and oxygen atoms in total. The summed E-state index contributed by atoms with van der Waals surface area (Å²) in [6.45, 7) is 7.70. The monoisotopic (exact) mass is 352 g/mol. The predicted molar refractivity (Wildman–Crippen MR) is 102 cm³/mol. The Hall–Kier alpha value is -1.75. The first kappa shape index (κ1) is 17.7. The van der Waals surface area contributed by atoms with Gasteiger partial charge in [0.2, 0.25) is 0 Å². The third-order valence-electron chi connectivity index (χ3n) is 5.87. The lowest BCUT2D eigenvalue weighted by molar-refractivity contribution is -0.139. The highest BCUT2D eigenvalue weighted by Crippen LogP contribution is 2.42. The van der Waals surface area contributed by atoms with E-state index in [1.807, 2.05) is 24.5 Å². The highest BCUT2D eigenvalue weighted by atomic mass is 16.5. The summed E-state index contributed by atoms with van der Waals surface area (Å²) in [7, 11) is 0. The molecule has 138 valence electrons. The second-order valence-electron chi connectivity index (χ2n) is 7.67. The van der Waals surface area contributed by atoms with Crippen LogP contribution in [0.25, 0.3) is 0 Å². The lowest BCUT2D eigenvalue weighted by Gasteiger charge is -2.50. The minimum absolute atomic E-state index is 0.0721. The lowest BCUT2D eigenvalue weighted by Crippen LogP contribution is -2.64. The van der Waals surface area contributed by atoms with Gasteiger partial charge in [0.05, 0.1) is 12.2 Å². The molecule has 1 spiro atoms. The number of hydrogen-bond donors (Lipinski definition) is 0. The molecule has 4 rings (SSSR count). The van der Waals surface area contributed by atoms with Crippen LogP contribution in [0.5, 0.6) is 0 Å². The quantitative estimate of drug-likeness (QED) is 0.713. The van der Waals surface area contributed by atoms with Gasteiger partial charge >= 0.3 is 0 Å². The van der Waals surface area contributed by atoms with Gasteiger partial charge < -0.3 is 9.47 Å². The Kier molecular flexibility index (Phi) is 5.34. The van der Waals surface area contributed by atoms with E-state index in [1.165, 1.54) is 16.7 Å². The van der Waals surface area contributed by atoms with Gasteiger partial charge in [0.1, 0.15) is 0 Å². The number of benzene rings is 1. The number of likely N-dealkylation sites (tertiary alicyclic amines) is 1. The van der Waals surface area contributed by atoms with E-state index in [0.717, 1.165) is 45.7 Å². The van der Waals surface area contributed by atoms with Crippen molar-refractivity contribution in [1.82, 2.24) is 9.88 Å². The molecule has 2 aliphatic heterocycles. The number of aromatic nitrogens is 1. The summed E-state index contributed by atoms with van der Waals surface area (Å²) in [5, 5.41) is 0. The standard InChI is InChI=1S/C22H28N2O2/c1-18-4-2-3-5-20(18)14-24-16-22(17-24)21(9-13-26-22)8-12-25-15-19-6-10-23-11-7-19/h2-7,10-11,21H,8-9,12-17H2,1H3. The third kappa shape index (κ3) is 3.83. The van der Waals surface area contributed by atoms with Crippen LogP contribution in [-0.2, 0) is 22.6 Å². The van der Waals surface area contributed by atoms with Gasteiger partial charge in [-0.25, -0.2) is 0 Å². The van der Waals surface area contributed by atoms with Gasteiger partial charge in [0, 0.05) is 45.2 Å². The first-order chi connectivity index (χ1) is 12.8. The highest BCUT2D eigenvalue weighted by molar-refractivity contribution is 5.26. The largest absolute Gasteiger partial charge is 0.377 e. The fourth-order valence-electron chi connectivity index (χ4n) is 4.29. The number of rotatable bonds is 7.